The van der Waals surface area contributed by atoms with E-state index in [2.05, 4.69) is 15.1 Å². The summed E-state index contributed by atoms with van der Waals surface area (Å²) in [5.74, 6) is 0.0588. The van der Waals surface area contributed by atoms with Crippen LogP contribution in [0.5, 0.6) is 0 Å². The number of fused-ring (bicyclic) bond motifs is 1. The highest BCUT2D eigenvalue weighted by atomic mass is 35.5. The molecule has 4 aromatic rings. The Morgan fingerprint density at radius 1 is 1.13 bits per heavy atom. The molecule has 162 valence electrons. The van der Waals surface area contributed by atoms with Crippen molar-refractivity contribution in [3.63, 3.8) is 0 Å². The molecule has 0 aliphatic carbocycles. The molecular formula is C21H22ClFN6O2. The van der Waals surface area contributed by atoms with Crippen LogP contribution in [0.2, 0.25) is 5.02 Å². The van der Waals surface area contributed by atoms with Crippen molar-refractivity contribution in [3.8, 4) is 11.4 Å². The van der Waals surface area contributed by atoms with Crippen molar-refractivity contribution in [3.05, 3.63) is 67.8 Å². The molecule has 3 heterocycles. The Kier molecular flexibility index (Phi) is 5.77. The molecule has 0 spiro atoms. The van der Waals surface area contributed by atoms with Crippen LogP contribution < -0.4 is 11.2 Å². The van der Waals surface area contributed by atoms with Crippen molar-refractivity contribution in [1.82, 2.24) is 28.9 Å². The molecule has 8 nitrogen and oxygen atoms in total. The van der Waals surface area contributed by atoms with Gasteiger partial charge in [0.05, 0.1) is 18.3 Å². The smallest absolute Gasteiger partial charge is 0.332 e. The maximum absolute atomic E-state index is 13.5. The highest BCUT2D eigenvalue weighted by Crippen LogP contribution is 2.21. The Hall–Kier alpha value is -3.20. The van der Waals surface area contributed by atoms with E-state index in [9.17, 15) is 14.0 Å². The number of aromatic nitrogens is 6. The van der Waals surface area contributed by atoms with E-state index in [4.69, 9.17) is 11.6 Å². The summed E-state index contributed by atoms with van der Waals surface area (Å²) >= 11 is 6.15. The molecule has 0 amide bonds. The third kappa shape index (κ3) is 3.93. The summed E-state index contributed by atoms with van der Waals surface area (Å²) in [7, 11) is 0. The minimum atomic E-state index is -0.383. The van der Waals surface area contributed by atoms with Gasteiger partial charge in [-0.1, -0.05) is 25.4 Å². The lowest BCUT2D eigenvalue weighted by Crippen LogP contribution is -2.40. The highest BCUT2D eigenvalue weighted by Gasteiger charge is 2.18. The second-order valence-electron chi connectivity index (χ2n) is 7.34. The van der Waals surface area contributed by atoms with Gasteiger partial charge in [-0.15, -0.1) is 0 Å². The standard InChI is InChI=1S/C21H22ClFN6O2/c1-3-7-28-19-17(20(30)29(8-4-2)21(28)31)25-18(26-19)14-10-24-27(12-14)11-13-9-15(23)5-6-16(13)22/h5-6,9-10,12H,3-4,7-8,11H2,1-2H3,(H,25,26). The molecule has 3 aromatic heterocycles. The number of hydrogen-bond acceptors (Lipinski definition) is 4. The summed E-state index contributed by atoms with van der Waals surface area (Å²) in [4.78, 5) is 33.3. The molecule has 0 fully saturated rings. The minimum Gasteiger partial charge on any atom is -0.332 e. The zero-order valence-electron chi connectivity index (χ0n) is 17.2. The fourth-order valence-electron chi connectivity index (χ4n) is 3.56. The molecule has 0 saturated heterocycles. The van der Waals surface area contributed by atoms with Gasteiger partial charge in [-0.3, -0.25) is 18.6 Å². The van der Waals surface area contributed by atoms with E-state index in [1.54, 1.807) is 17.1 Å². The first-order valence-corrected chi connectivity index (χ1v) is 10.5. The molecule has 0 unspecified atom stereocenters. The van der Waals surface area contributed by atoms with E-state index in [-0.39, 0.29) is 29.1 Å². The lowest BCUT2D eigenvalue weighted by Gasteiger charge is -2.09. The monoisotopic (exact) mass is 444 g/mol. The average molecular weight is 445 g/mol. The quantitative estimate of drug-likeness (QED) is 0.473. The van der Waals surface area contributed by atoms with Crippen LogP contribution in [0, 0.1) is 5.82 Å². The van der Waals surface area contributed by atoms with Gasteiger partial charge in [-0.2, -0.15) is 5.10 Å². The maximum atomic E-state index is 13.5. The maximum Gasteiger partial charge on any atom is 0.332 e. The van der Waals surface area contributed by atoms with E-state index >= 15 is 0 Å². The molecule has 10 heteroatoms. The molecule has 1 aromatic carbocycles. The number of nitrogens with one attached hydrogen (secondary N) is 1. The number of nitrogens with zero attached hydrogens (tertiary/aromatic N) is 5. The van der Waals surface area contributed by atoms with Crippen molar-refractivity contribution in [2.75, 3.05) is 0 Å². The predicted molar refractivity (Wildman–Crippen MR) is 117 cm³/mol. The van der Waals surface area contributed by atoms with Crippen LogP contribution in [0.1, 0.15) is 32.3 Å². The molecule has 0 saturated carbocycles. The van der Waals surface area contributed by atoms with Crippen LogP contribution in [0.25, 0.3) is 22.6 Å². The van der Waals surface area contributed by atoms with Crippen LogP contribution in [-0.2, 0) is 19.6 Å². The first kappa shape index (κ1) is 21.0. The van der Waals surface area contributed by atoms with Gasteiger partial charge in [0.15, 0.2) is 5.65 Å². The second kappa shape index (κ2) is 8.50. The molecule has 0 aliphatic rings. The number of aromatic amines is 1. The summed E-state index contributed by atoms with van der Waals surface area (Å²) in [6.07, 6.45) is 4.72. The zero-order chi connectivity index (χ0) is 22.1. The highest BCUT2D eigenvalue weighted by molar-refractivity contribution is 6.31. The van der Waals surface area contributed by atoms with Crippen LogP contribution in [0.3, 0.4) is 0 Å². The molecule has 0 bridgehead atoms. The Bertz CT molecular complexity index is 1370. The number of halogens is 2. The van der Waals surface area contributed by atoms with E-state index in [0.29, 0.717) is 47.1 Å². The van der Waals surface area contributed by atoms with Gasteiger partial charge in [0.1, 0.15) is 17.2 Å². The first-order valence-electron chi connectivity index (χ1n) is 10.1. The summed E-state index contributed by atoms with van der Waals surface area (Å²) in [5.41, 5.74) is 1.13. The van der Waals surface area contributed by atoms with Gasteiger partial charge >= 0.3 is 5.69 Å². The third-order valence-corrected chi connectivity index (χ3v) is 5.37. The van der Waals surface area contributed by atoms with Gasteiger partial charge in [0.25, 0.3) is 5.56 Å². The fourth-order valence-corrected chi connectivity index (χ4v) is 3.74. The van der Waals surface area contributed by atoms with Crippen LogP contribution in [-0.4, -0.2) is 28.9 Å². The zero-order valence-corrected chi connectivity index (χ0v) is 18.0. The lowest BCUT2D eigenvalue weighted by molar-refractivity contribution is 0.555. The molecule has 4 rings (SSSR count). The van der Waals surface area contributed by atoms with Gasteiger partial charge in [-0.05, 0) is 36.6 Å². The summed E-state index contributed by atoms with van der Waals surface area (Å²) in [6.45, 7) is 4.96. The topological polar surface area (TPSA) is 90.5 Å². The van der Waals surface area contributed by atoms with E-state index in [1.165, 1.54) is 27.3 Å². The number of hydrogen-bond donors (Lipinski definition) is 1. The number of benzene rings is 1. The van der Waals surface area contributed by atoms with Gasteiger partial charge < -0.3 is 4.98 Å². The molecule has 0 aliphatic heterocycles. The Morgan fingerprint density at radius 2 is 1.87 bits per heavy atom. The van der Waals surface area contributed by atoms with Crippen molar-refractivity contribution in [2.45, 2.75) is 46.3 Å². The SMILES string of the molecule is CCCn1c(=O)c2[nH]c(-c3cnn(Cc4cc(F)ccc4Cl)c3)nc2n(CCC)c1=O. The normalized spacial score (nSPS) is 11.5. The number of rotatable bonds is 7. The molecule has 0 atom stereocenters. The van der Waals surface area contributed by atoms with Gasteiger partial charge in [0.2, 0.25) is 0 Å². The Balaban J connectivity index is 1.76. The van der Waals surface area contributed by atoms with E-state index < -0.39 is 0 Å². The van der Waals surface area contributed by atoms with Crippen molar-refractivity contribution < 1.29 is 4.39 Å². The minimum absolute atomic E-state index is 0.278. The van der Waals surface area contributed by atoms with Crippen LogP contribution >= 0.6 is 11.6 Å². The lowest BCUT2D eigenvalue weighted by atomic mass is 10.2. The number of imidazole rings is 1. The average Bonchev–Trinajstić information content (AvgIpc) is 3.38. The Morgan fingerprint density at radius 3 is 2.61 bits per heavy atom. The summed E-state index contributed by atoms with van der Waals surface area (Å²) in [6, 6.07) is 4.17. The van der Waals surface area contributed by atoms with E-state index in [1.807, 2.05) is 13.8 Å². The first-order chi connectivity index (χ1) is 14.9. The third-order valence-electron chi connectivity index (χ3n) is 5.00. The fraction of sp³-hybridized carbons (Fsp3) is 0.333. The van der Waals surface area contributed by atoms with Crippen LogP contribution in [0.4, 0.5) is 4.39 Å². The Labute approximate surface area is 181 Å². The number of H-pyrrole nitrogens is 1. The number of aryl methyl sites for hydroxylation is 1. The predicted octanol–water partition coefficient (Wildman–Crippen LogP) is 3.41. The molecule has 31 heavy (non-hydrogen) atoms. The largest absolute Gasteiger partial charge is 0.332 e. The van der Waals surface area contributed by atoms with Crippen molar-refractivity contribution in [2.24, 2.45) is 0 Å². The van der Waals surface area contributed by atoms with Crippen LogP contribution in [0.15, 0.2) is 40.2 Å². The van der Waals surface area contributed by atoms with Gasteiger partial charge in [0, 0.05) is 24.3 Å². The van der Waals surface area contributed by atoms with Gasteiger partial charge in [-0.25, -0.2) is 14.2 Å². The van der Waals surface area contributed by atoms with Crippen molar-refractivity contribution in [1.29, 1.82) is 0 Å². The summed E-state index contributed by atoms with van der Waals surface area (Å²) in [5, 5.41) is 4.74. The van der Waals surface area contributed by atoms with Crippen molar-refractivity contribution >= 4 is 22.8 Å². The molecule has 1 N–H and O–H groups in total. The molecular weight excluding hydrogens is 423 g/mol. The second-order valence-corrected chi connectivity index (χ2v) is 7.74. The van der Waals surface area contributed by atoms with E-state index in [0.717, 1.165) is 6.42 Å². The summed E-state index contributed by atoms with van der Waals surface area (Å²) < 4.78 is 17.9. The molecule has 0 radical (unpaired) electrons.